The van der Waals surface area contributed by atoms with Crippen molar-refractivity contribution in [3.63, 3.8) is 0 Å². The van der Waals surface area contributed by atoms with Crippen LogP contribution >= 0.6 is 34.0 Å². The fraction of sp³-hybridized carbons (Fsp3) is 0.111. The standard InChI is InChI=1S/C54H32O4S3/c1-53(2)41-23-33(21-39-46(55)35-17-29-13-25-9-5-6-10-26(25)14-30(29)18-36(35)47(39)56)59-50(41)43-44(53)52-45(54(43,3)4)51-42(61-52)24-34(60-51)22-40-48(57)37-19-31-15-27-11-7-8-12-28(27)16-32(31)20-38(37)49(40)58/h5-24H,1-4H3. The van der Waals surface area contributed by atoms with Gasteiger partial charge in [-0.15, -0.1) is 34.0 Å². The number of thiophene rings is 3. The highest BCUT2D eigenvalue weighted by Gasteiger charge is 2.53. The summed E-state index contributed by atoms with van der Waals surface area (Å²) in [5.41, 5.74) is 6.86. The monoisotopic (exact) mass is 840 g/mol. The summed E-state index contributed by atoms with van der Waals surface area (Å²) in [5.74, 6) is -0.876. The number of Topliss-reactive ketones (excluding diaryl/α,β-unsaturated/α-hetero) is 4. The fourth-order valence-corrected chi connectivity index (χ4v) is 15.2. The number of ketones is 4. The first kappa shape index (κ1) is 35.4. The maximum Gasteiger partial charge on any atom is 0.197 e. The van der Waals surface area contributed by atoms with Crippen molar-refractivity contribution in [2.75, 3.05) is 0 Å². The average molecular weight is 841 g/mol. The van der Waals surface area contributed by atoms with Crippen LogP contribution in [0.15, 0.2) is 120 Å². The van der Waals surface area contributed by atoms with Gasteiger partial charge in [-0.3, -0.25) is 19.2 Å². The average Bonchev–Trinajstić information content (AvgIpc) is 4.08. The van der Waals surface area contributed by atoms with Gasteiger partial charge in [0.15, 0.2) is 23.1 Å². The quantitative estimate of drug-likeness (QED) is 0.0988. The zero-order valence-electron chi connectivity index (χ0n) is 33.4. The third-order valence-electron chi connectivity index (χ3n) is 13.6. The van der Waals surface area contributed by atoms with Gasteiger partial charge in [0.05, 0.1) is 15.8 Å². The number of rotatable bonds is 2. The topological polar surface area (TPSA) is 68.3 Å². The summed E-state index contributed by atoms with van der Waals surface area (Å²) in [4.78, 5) is 59.8. The number of hydrogen-bond acceptors (Lipinski definition) is 7. The first-order chi connectivity index (χ1) is 29.3. The van der Waals surface area contributed by atoms with Crippen molar-refractivity contribution >= 4 is 133 Å². The molecule has 0 saturated carbocycles. The number of hydrogen-bond donors (Lipinski definition) is 0. The molecule has 0 aliphatic heterocycles. The van der Waals surface area contributed by atoms with E-state index in [1.165, 1.54) is 36.7 Å². The van der Waals surface area contributed by atoms with Crippen LogP contribution in [-0.4, -0.2) is 23.1 Å². The molecule has 0 N–H and O–H groups in total. The maximum absolute atomic E-state index is 13.9. The van der Waals surface area contributed by atoms with Crippen LogP contribution < -0.4 is 0 Å². The van der Waals surface area contributed by atoms with Crippen molar-refractivity contribution in [3.8, 4) is 0 Å². The molecule has 0 spiro atoms. The van der Waals surface area contributed by atoms with Crippen LogP contribution in [-0.2, 0) is 10.8 Å². The molecule has 9 aromatic rings. The highest BCUT2D eigenvalue weighted by Crippen LogP contribution is 2.67. The van der Waals surface area contributed by atoms with Gasteiger partial charge < -0.3 is 0 Å². The second kappa shape index (κ2) is 11.7. The van der Waals surface area contributed by atoms with Crippen molar-refractivity contribution in [2.24, 2.45) is 0 Å². The van der Waals surface area contributed by atoms with E-state index < -0.39 is 0 Å². The van der Waals surface area contributed by atoms with Crippen LogP contribution in [0.25, 0.3) is 75.8 Å². The Hall–Kier alpha value is -6.38. The first-order valence-corrected chi connectivity index (χ1v) is 22.8. The van der Waals surface area contributed by atoms with Crippen LogP contribution in [0.2, 0.25) is 0 Å². The van der Waals surface area contributed by atoms with Crippen LogP contribution in [0.3, 0.4) is 0 Å². The lowest BCUT2D eigenvalue weighted by atomic mass is 9.80. The summed E-state index contributed by atoms with van der Waals surface area (Å²) in [5, 5.41) is 8.18. The lowest BCUT2D eigenvalue weighted by Crippen LogP contribution is -2.16. The third-order valence-corrected chi connectivity index (χ3v) is 17.1. The van der Waals surface area contributed by atoms with E-state index in [2.05, 4.69) is 88.4 Å². The molecule has 0 amide bonds. The minimum Gasteiger partial charge on any atom is -0.288 e. The Balaban J connectivity index is 0.844. The predicted octanol–water partition coefficient (Wildman–Crippen LogP) is 14.1. The molecule has 3 heterocycles. The van der Waals surface area contributed by atoms with E-state index in [0.717, 1.165) is 57.5 Å². The summed E-state index contributed by atoms with van der Waals surface area (Å²) in [6.45, 7) is 9.16. The lowest BCUT2D eigenvalue weighted by molar-refractivity contribution is 0.0975. The molecule has 7 heteroatoms. The Labute approximate surface area is 361 Å². The van der Waals surface area contributed by atoms with E-state index in [0.29, 0.717) is 22.3 Å². The molecule has 13 rings (SSSR count). The lowest BCUT2D eigenvalue weighted by Gasteiger charge is -2.24. The Morgan fingerprint density at radius 3 is 1.28 bits per heavy atom. The maximum atomic E-state index is 13.9. The second-order valence-electron chi connectivity index (χ2n) is 17.9. The van der Waals surface area contributed by atoms with E-state index in [4.69, 9.17) is 0 Å². The van der Waals surface area contributed by atoms with E-state index in [-0.39, 0.29) is 45.1 Å². The molecule has 290 valence electrons. The SMILES string of the molecule is CC1(C)C2=C(c3sc(C=C4C(=O)c5cc6cc7ccccc7cc6cc5C4=O)cc31)C(C)(C)c1c2sc2cc(C=C3C(=O)c4cc5cc6ccccc6cc5cc4C3=O)sc12. The molecule has 0 saturated heterocycles. The van der Waals surface area contributed by atoms with Gasteiger partial charge in [-0.2, -0.15) is 0 Å². The Kier molecular flexibility index (Phi) is 6.79. The molecule has 0 atom stereocenters. The second-order valence-corrected chi connectivity index (χ2v) is 21.1. The van der Waals surface area contributed by atoms with Crippen molar-refractivity contribution in [2.45, 2.75) is 38.5 Å². The summed E-state index contributed by atoms with van der Waals surface area (Å²) in [6, 6.07) is 36.5. The van der Waals surface area contributed by atoms with Gasteiger partial charge in [0, 0.05) is 57.3 Å². The number of carbonyl (C=O) groups excluding carboxylic acids is 4. The molecule has 0 bridgehead atoms. The molecule has 4 nitrogen and oxygen atoms in total. The van der Waals surface area contributed by atoms with Crippen molar-refractivity contribution in [1.29, 1.82) is 0 Å². The molecule has 6 aromatic carbocycles. The minimum absolute atomic E-state index is 0.218. The van der Waals surface area contributed by atoms with Gasteiger partial charge >= 0.3 is 0 Å². The molecular formula is C54H32O4S3. The Morgan fingerprint density at radius 2 is 0.836 bits per heavy atom. The predicted molar refractivity (Wildman–Crippen MR) is 253 cm³/mol. The van der Waals surface area contributed by atoms with E-state index in [1.807, 2.05) is 54.6 Å². The number of benzene rings is 6. The number of fused-ring (bicyclic) bond motifs is 12. The Morgan fingerprint density at radius 1 is 0.426 bits per heavy atom. The smallest absolute Gasteiger partial charge is 0.197 e. The van der Waals surface area contributed by atoms with Crippen LogP contribution in [0.5, 0.6) is 0 Å². The number of allylic oxidation sites excluding steroid dienone is 4. The van der Waals surface area contributed by atoms with Crippen LogP contribution in [0.1, 0.15) is 99.8 Å². The minimum atomic E-state index is -0.326. The van der Waals surface area contributed by atoms with Gasteiger partial charge in [0.2, 0.25) is 0 Å². The molecular weight excluding hydrogens is 809 g/mol. The zero-order chi connectivity index (χ0) is 41.4. The van der Waals surface area contributed by atoms with Crippen LogP contribution in [0.4, 0.5) is 0 Å². The summed E-state index contributed by atoms with van der Waals surface area (Å²) < 4.78 is 2.35. The van der Waals surface area contributed by atoms with Gasteiger partial charge in [-0.25, -0.2) is 0 Å². The van der Waals surface area contributed by atoms with E-state index >= 15 is 0 Å². The summed E-state index contributed by atoms with van der Waals surface area (Å²) in [7, 11) is 0. The molecule has 3 aromatic heterocycles. The molecule has 61 heavy (non-hydrogen) atoms. The molecule has 4 aliphatic rings. The molecule has 0 radical (unpaired) electrons. The van der Waals surface area contributed by atoms with Gasteiger partial charge in [0.25, 0.3) is 0 Å². The van der Waals surface area contributed by atoms with E-state index in [1.54, 1.807) is 40.1 Å². The molecule has 4 aliphatic carbocycles. The van der Waals surface area contributed by atoms with Crippen molar-refractivity contribution in [1.82, 2.24) is 0 Å². The van der Waals surface area contributed by atoms with Crippen LogP contribution in [0, 0.1) is 0 Å². The zero-order valence-corrected chi connectivity index (χ0v) is 35.9. The Bertz CT molecular complexity index is 3620. The highest BCUT2D eigenvalue weighted by atomic mass is 32.1. The molecule has 0 fully saturated rings. The normalized spacial score (nSPS) is 17.1. The fourth-order valence-electron chi connectivity index (χ4n) is 10.6. The number of carbonyl (C=O) groups is 4. The van der Waals surface area contributed by atoms with Gasteiger partial charge in [-0.1, -0.05) is 76.2 Å². The van der Waals surface area contributed by atoms with Crippen molar-refractivity contribution < 1.29 is 19.2 Å². The highest BCUT2D eigenvalue weighted by molar-refractivity contribution is 7.29. The first-order valence-electron chi connectivity index (χ1n) is 20.4. The summed E-state index contributed by atoms with van der Waals surface area (Å²) in [6.07, 6.45) is 3.61. The third kappa shape index (κ3) is 4.63. The summed E-state index contributed by atoms with van der Waals surface area (Å²) >= 11 is 5.11. The van der Waals surface area contributed by atoms with E-state index in [9.17, 15) is 19.2 Å². The molecule has 0 unspecified atom stereocenters. The van der Waals surface area contributed by atoms with Crippen molar-refractivity contribution in [3.05, 3.63) is 173 Å². The van der Waals surface area contributed by atoms with Gasteiger partial charge in [-0.05, 0) is 138 Å². The largest absolute Gasteiger partial charge is 0.288 e. The van der Waals surface area contributed by atoms with Gasteiger partial charge in [0.1, 0.15) is 0 Å².